The largest absolute Gasteiger partial charge is 0.504 e. The molecule has 0 unspecified atom stereocenters. The molecule has 0 aliphatic carbocycles. The van der Waals surface area contributed by atoms with Crippen molar-refractivity contribution in [2.75, 3.05) is 38.7 Å². The number of amides is 1. The highest BCUT2D eigenvalue weighted by Gasteiger charge is 2.05. The Kier molecular flexibility index (Phi) is 10.4. The Bertz CT molecular complexity index is 632. The predicted octanol–water partition coefficient (Wildman–Crippen LogP) is 2.16. The van der Waals surface area contributed by atoms with Gasteiger partial charge in [0.2, 0.25) is 5.91 Å². The zero-order valence-corrected chi connectivity index (χ0v) is 15.5. The minimum atomic E-state index is -0.406. The fourth-order valence-electron chi connectivity index (χ4n) is 1.76. The molecule has 0 spiro atoms. The van der Waals surface area contributed by atoms with E-state index in [0.717, 1.165) is 0 Å². The summed E-state index contributed by atoms with van der Waals surface area (Å²) in [6.07, 6.45) is 0.608. The smallest absolute Gasteiger partial charge is 0.303 e. The standard InChI is InChI=1S/C18H25NO8/c1-13(10-25-15(3)21)26-11-23-7-4-8-24-12-27-18-6-5-16(9-17(18)22)19-14(2)20/h5-6,9,22H,1,4,7-8,10-12H2,2-3H3,(H,19,20). The average molecular weight is 383 g/mol. The summed E-state index contributed by atoms with van der Waals surface area (Å²) in [5, 5.41) is 12.4. The second-order valence-corrected chi connectivity index (χ2v) is 5.38. The molecule has 0 aliphatic rings. The first kappa shape index (κ1) is 22.3. The topological polar surface area (TPSA) is 113 Å². The summed E-state index contributed by atoms with van der Waals surface area (Å²) in [5.41, 5.74) is 0.475. The molecule has 0 radical (unpaired) electrons. The molecular weight excluding hydrogens is 358 g/mol. The molecule has 0 atom stereocenters. The van der Waals surface area contributed by atoms with Crippen molar-refractivity contribution < 1.29 is 38.4 Å². The Morgan fingerprint density at radius 3 is 2.44 bits per heavy atom. The van der Waals surface area contributed by atoms with E-state index in [9.17, 15) is 14.7 Å². The Hall–Kier alpha value is -2.78. The summed E-state index contributed by atoms with van der Waals surface area (Å²) in [6, 6.07) is 4.53. The second-order valence-electron chi connectivity index (χ2n) is 5.38. The number of benzene rings is 1. The van der Waals surface area contributed by atoms with E-state index in [-0.39, 0.29) is 37.6 Å². The van der Waals surface area contributed by atoms with Crippen LogP contribution in [0.5, 0.6) is 11.5 Å². The van der Waals surface area contributed by atoms with Crippen LogP contribution in [0.15, 0.2) is 30.5 Å². The van der Waals surface area contributed by atoms with Gasteiger partial charge in [-0.05, 0) is 18.6 Å². The molecule has 0 fully saturated rings. The normalized spacial score (nSPS) is 10.1. The number of hydrogen-bond acceptors (Lipinski definition) is 8. The lowest BCUT2D eigenvalue weighted by Crippen LogP contribution is -2.10. The van der Waals surface area contributed by atoms with Crippen molar-refractivity contribution in [3.63, 3.8) is 0 Å². The van der Waals surface area contributed by atoms with Crippen molar-refractivity contribution >= 4 is 17.6 Å². The van der Waals surface area contributed by atoms with Crippen LogP contribution in [-0.2, 0) is 28.5 Å². The van der Waals surface area contributed by atoms with Gasteiger partial charge in [0.25, 0.3) is 0 Å². The summed E-state index contributed by atoms with van der Waals surface area (Å²) >= 11 is 0. The quantitative estimate of drug-likeness (QED) is 0.231. The lowest BCUT2D eigenvalue weighted by atomic mass is 10.3. The van der Waals surface area contributed by atoms with E-state index >= 15 is 0 Å². The summed E-state index contributed by atoms with van der Waals surface area (Å²) in [4.78, 5) is 21.6. The summed E-state index contributed by atoms with van der Waals surface area (Å²) in [5.74, 6) is -0.178. The van der Waals surface area contributed by atoms with Crippen molar-refractivity contribution in [1.29, 1.82) is 0 Å². The van der Waals surface area contributed by atoms with E-state index in [4.69, 9.17) is 23.7 Å². The molecule has 0 aromatic heterocycles. The van der Waals surface area contributed by atoms with Crippen molar-refractivity contribution in [2.24, 2.45) is 0 Å². The van der Waals surface area contributed by atoms with Gasteiger partial charge in [-0.15, -0.1) is 0 Å². The number of aromatic hydroxyl groups is 1. The summed E-state index contributed by atoms with van der Waals surface area (Å²) in [7, 11) is 0. The Morgan fingerprint density at radius 2 is 1.81 bits per heavy atom. The van der Waals surface area contributed by atoms with E-state index in [0.29, 0.717) is 31.1 Å². The number of rotatable bonds is 13. The molecule has 0 bridgehead atoms. The number of hydrogen-bond donors (Lipinski definition) is 2. The first-order valence-corrected chi connectivity index (χ1v) is 8.21. The monoisotopic (exact) mass is 383 g/mol. The van der Waals surface area contributed by atoms with Crippen molar-refractivity contribution in [1.82, 2.24) is 0 Å². The first-order valence-electron chi connectivity index (χ1n) is 8.21. The number of ether oxygens (including phenoxy) is 5. The van der Waals surface area contributed by atoms with E-state index < -0.39 is 5.97 Å². The molecule has 27 heavy (non-hydrogen) atoms. The number of phenolic OH excluding ortho intramolecular Hbond substituents is 1. The van der Waals surface area contributed by atoms with Gasteiger partial charge in [0.1, 0.15) is 12.4 Å². The number of esters is 1. The van der Waals surface area contributed by atoms with Gasteiger partial charge in [-0.1, -0.05) is 6.58 Å². The SMILES string of the molecule is C=C(COC(C)=O)OCOCCCOCOc1ccc(NC(C)=O)cc1O. The van der Waals surface area contributed by atoms with Crippen LogP contribution in [0.2, 0.25) is 0 Å². The third-order valence-corrected chi connectivity index (χ3v) is 2.94. The molecule has 0 saturated carbocycles. The van der Waals surface area contributed by atoms with Gasteiger partial charge < -0.3 is 34.1 Å². The molecule has 0 aliphatic heterocycles. The maximum absolute atomic E-state index is 11.0. The van der Waals surface area contributed by atoms with Gasteiger partial charge >= 0.3 is 5.97 Å². The highest BCUT2D eigenvalue weighted by molar-refractivity contribution is 5.89. The third-order valence-electron chi connectivity index (χ3n) is 2.94. The Morgan fingerprint density at radius 1 is 1.11 bits per heavy atom. The number of anilines is 1. The van der Waals surface area contributed by atoms with Crippen LogP contribution >= 0.6 is 0 Å². The van der Waals surface area contributed by atoms with Crippen LogP contribution in [0.1, 0.15) is 20.3 Å². The average Bonchev–Trinajstić information content (AvgIpc) is 2.59. The van der Waals surface area contributed by atoms with Gasteiger partial charge in [-0.25, -0.2) is 0 Å². The minimum absolute atomic E-state index is 0.00220. The zero-order chi connectivity index (χ0) is 20.1. The Labute approximate surface area is 157 Å². The minimum Gasteiger partial charge on any atom is -0.504 e. The van der Waals surface area contributed by atoms with Crippen molar-refractivity contribution in [3.05, 3.63) is 30.5 Å². The molecule has 1 rings (SSSR count). The molecule has 9 heteroatoms. The van der Waals surface area contributed by atoms with Crippen molar-refractivity contribution in [3.8, 4) is 11.5 Å². The summed E-state index contributed by atoms with van der Waals surface area (Å²) in [6.45, 7) is 7.01. The van der Waals surface area contributed by atoms with Crippen LogP contribution in [0.4, 0.5) is 5.69 Å². The van der Waals surface area contributed by atoms with E-state index in [2.05, 4.69) is 11.9 Å². The highest BCUT2D eigenvalue weighted by Crippen LogP contribution is 2.28. The fourth-order valence-corrected chi connectivity index (χ4v) is 1.76. The molecule has 1 aromatic carbocycles. The zero-order valence-electron chi connectivity index (χ0n) is 15.5. The number of nitrogens with one attached hydrogen (secondary N) is 1. The van der Waals surface area contributed by atoms with Gasteiger partial charge in [0.05, 0.1) is 13.2 Å². The number of carbonyl (C=O) groups excluding carboxylic acids is 2. The fraction of sp³-hybridized carbons (Fsp3) is 0.444. The van der Waals surface area contributed by atoms with Crippen LogP contribution in [-0.4, -0.2) is 50.4 Å². The molecule has 1 aromatic rings. The van der Waals surface area contributed by atoms with E-state index in [1.807, 2.05) is 0 Å². The second kappa shape index (κ2) is 12.6. The van der Waals surface area contributed by atoms with Crippen LogP contribution in [0.25, 0.3) is 0 Å². The van der Waals surface area contributed by atoms with Gasteiger partial charge in [0.15, 0.2) is 25.1 Å². The molecule has 9 nitrogen and oxygen atoms in total. The first-order chi connectivity index (χ1) is 12.9. The van der Waals surface area contributed by atoms with E-state index in [1.165, 1.54) is 26.0 Å². The molecule has 1 amide bonds. The number of carbonyl (C=O) groups is 2. The summed E-state index contributed by atoms with van der Waals surface area (Å²) < 4.78 is 25.6. The van der Waals surface area contributed by atoms with Crippen LogP contribution < -0.4 is 10.1 Å². The van der Waals surface area contributed by atoms with Gasteiger partial charge in [0, 0.05) is 25.6 Å². The van der Waals surface area contributed by atoms with Crippen LogP contribution in [0.3, 0.4) is 0 Å². The maximum Gasteiger partial charge on any atom is 0.303 e. The maximum atomic E-state index is 11.0. The highest BCUT2D eigenvalue weighted by atomic mass is 16.7. The molecule has 150 valence electrons. The molecule has 2 N–H and O–H groups in total. The predicted molar refractivity (Wildman–Crippen MR) is 96.2 cm³/mol. The third kappa shape index (κ3) is 10.7. The lowest BCUT2D eigenvalue weighted by molar-refractivity contribution is -0.141. The molecular formula is C18H25NO8. The molecule has 0 saturated heterocycles. The van der Waals surface area contributed by atoms with Crippen molar-refractivity contribution in [2.45, 2.75) is 20.3 Å². The van der Waals surface area contributed by atoms with E-state index in [1.54, 1.807) is 6.07 Å². The lowest BCUT2D eigenvalue weighted by Gasteiger charge is -2.11. The molecule has 0 heterocycles. The van der Waals surface area contributed by atoms with Gasteiger partial charge in [-0.3, -0.25) is 9.59 Å². The van der Waals surface area contributed by atoms with Crippen LogP contribution in [0, 0.1) is 0 Å². The Balaban J connectivity index is 2.05. The van der Waals surface area contributed by atoms with Gasteiger partial charge in [-0.2, -0.15) is 0 Å². The number of phenols is 1.